The maximum Gasteiger partial charge on any atom is 0.246 e. The van der Waals surface area contributed by atoms with Crippen LogP contribution in [0.4, 0.5) is 4.39 Å². The normalized spacial score (nSPS) is 20.9. The van der Waals surface area contributed by atoms with Gasteiger partial charge in [-0.1, -0.05) is 6.07 Å². The van der Waals surface area contributed by atoms with E-state index in [1.807, 2.05) is 0 Å². The minimum Gasteiger partial charge on any atom is -0.380 e. The van der Waals surface area contributed by atoms with Gasteiger partial charge in [0.2, 0.25) is 10.0 Å². The van der Waals surface area contributed by atoms with Gasteiger partial charge < -0.3 is 4.74 Å². The van der Waals surface area contributed by atoms with Crippen LogP contribution in [-0.4, -0.2) is 39.0 Å². The van der Waals surface area contributed by atoms with E-state index in [4.69, 9.17) is 16.3 Å². The van der Waals surface area contributed by atoms with Crippen molar-refractivity contribution in [3.8, 4) is 0 Å². The summed E-state index contributed by atoms with van der Waals surface area (Å²) >= 11 is 5.59. The molecule has 1 atom stereocenters. The zero-order chi connectivity index (χ0) is 14.0. The highest BCUT2D eigenvalue weighted by molar-refractivity contribution is 7.89. The van der Waals surface area contributed by atoms with Gasteiger partial charge >= 0.3 is 0 Å². The number of rotatable bonds is 4. The molecule has 1 fully saturated rings. The summed E-state index contributed by atoms with van der Waals surface area (Å²) in [5, 5.41) is 0. The van der Waals surface area contributed by atoms with E-state index in [0.29, 0.717) is 18.5 Å². The number of alkyl halides is 1. The summed E-state index contributed by atoms with van der Waals surface area (Å²) in [6, 6.07) is 3.94. The molecule has 106 valence electrons. The van der Waals surface area contributed by atoms with Gasteiger partial charge in [0.05, 0.1) is 6.10 Å². The lowest BCUT2D eigenvalue weighted by Crippen LogP contribution is -2.30. The maximum absolute atomic E-state index is 13.9. The molecule has 7 heteroatoms. The Balaban J connectivity index is 2.30. The summed E-state index contributed by atoms with van der Waals surface area (Å²) < 4.78 is 44.9. The van der Waals surface area contributed by atoms with Crippen molar-refractivity contribution >= 4 is 21.6 Å². The number of ether oxygens (including phenoxy) is 1. The molecule has 1 saturated heterocycles. The summed E-state index contributed by atoms with van der Waals surface area (Å²) in [4.78, 5) is -0.307. The summed E-state index contributed by atoms with van der Waals surface area (Å²) in [5.41, 5.74) is 0.550. The van der Waals surface area contributed by atoms with Crippen LogP contribution in [0.5, 0.6) is 0 Å². The Labute approximate surface area is 117 Å². The number of methoxy groups -OCH3 is 1. The Morgan fingerprint density at radius 3 is 2.79 bits per heavy atom. The Hall–Kier alpha value is -0.690. The molecule has 0 amide bonds. The molecule has 19 heavy (non-hydrogen) atoms. The van der Waals surface area contributed by atoms with E-state index >= 15 is 0 Å². The van der Waals surface area contributed by atoms with Crippen molar-refractivity contribution in [3.05, 3.63) is 29.6 Å². The molecule has 4 nitrogen and oxygen atoms in total. The van der Waals surface area contributed by atoms with Gasteiger partial charge in [-0.2, -0.15) is 4.31 Å². The summed E-state index contributed by atoms with van der Waals surface area (Å²) in [6.45, 7) is 0.604. The highest BCUT2D eigenvalue weighted by atomic mass is 35.5. The van der Waals surface area contributed by atoms with Crippen LogP contribution < -0.4 is 0 Å². The predicted octanol–water partition coefficient (Wildman–Crippen LogP) is 1.97. The Morgan fingerprint density at radius 2 is 2.26 bits per heavy atom. The van der Waals surface area contributed by atoms with E-state index in [1.165, 1.54) is 23.5 Å². The van der Waals surface area contributed by atoms with Gasteiger partial charge in [-0.3, -0.25) is 0 Å². The largest absolute Gasteiger partial charge is 0.380 e. The highest BCUT2D eigenvalue weighted by Gasteiger charge is 2.34. The number of nitrogens with zero attached hydrogens (tertiary/aromatic N) is 1. The van der Waals surface area contributed by atoms with Crippen molar-refractivity contribution in [2.24, 2.45) is 0 Å². The van der Waals surface area contributed by atoms with E-state index in [9.17, 15) is 12.8 Å². The van der Waals surface area contributed by atoms with Crippen LogP contribution in [0.3, 0.4) is 0 Å². The zero-order valence-electron chi connectivity index (χ0n) is 10.5. The second-order valence-electron chi connectivity index (χ2n) is 4.41. The average molecular weight is 308 g/mol. The van der Waals surface area contributed by atoms with Crippen molar-refractivity contribution in [3.63, 3.8) is 0 Å². The average Bonchev–Trinajstić information content (AvgIpc) is 2.87. The van der Waals surface area contributed by atoms with E-state index in [1.54, 1.807) is 0 Å². The van der Waals surface area contributed by atoms with Crippen LogP contribution in [0.1, 0.15) is 12.0 Å². The first-order valence-corrected chi connectivity index (χ1v) is 7.84. The molecule has 0 saturated carbocycles. The fraction of sp³-hybridized carbons (Fsp3) is 0.500. The van der Waals surface area contributed by atoms with Crippen LogP contribution in [0.25, 0.3) is 0 Å². The van der Waals surface area contributed by atoms with Crippen LogP contribution >= 0.6 is 11.6 Å². The number of benzene rings is 1. The van der Waals surface area contributed by atoms with Gasteiger partial charge in [0, 0.05) is 26.1 Å². The van der Waals surface area contributed by atoms with Gasteiger partial charge in [0.15, 0.2) is 0 Å². The Kier molecular flexibility index (Phi) is 4.45. The van der Waals surface area contributed by atoms with Gasteiger partial charge in [-0.25, -0.2) is 12.8 Å². The monoisotopic (exact) mass is 307 g/mol. The fourth-order valence-electron chi connectivity index (χ4n) is 2.08. The number of hydrogen-bond acceptors (Lipinski definition) is 3. The smallest absolute Gasteiger partial charge is 0.246 e. The standard InChI is InChI=1S/C12H15ClFNO3S/c1-18-10-4-5-15(8-10)19(16,17)12-3-2-9(7-13)6-11(12)14/h2-3,6,10H,4-5,7-8H2,1H3. The molecule has 0 bridgehead atoms. The fourth-order valence-corrected chi connectivity index (χ4v) is 3.78. The van der Waals surface area contributed by atoms with E-state index < -0.39 is 15.8 Å². The van der Waals surface area contributed by atoms with Crippen molar-refractivity contribution < 1.29 is 17.5 Å². The Morgan fingerprint density at radius 1 is 1.53 bits per heavy atom. The molecule has 0 aliphatic carbocycles. The van der Waals surface area contributed by atoms with Crippen molar-refractivity contribution in [2.75, 3.05) is 20.2 Å². The van der Waals surface area contributed by atoms with Crippen LogP contribution in [-0.2, 0) is 20.6 Å². The molecule has 0 aromatic heterocycles. The molecule has 0 spiro atoms. The van der Waals surface area contributed by atoms with Gasteiger partial charge in [-0.05, 0) is 24.1 Å². The third-order valence-corrected chi connectivity index (χ3v) is 5.42. The molecule has 1 aliphatic rings. The van der Waals surface area contributed by atoms with E-state index in [0.717, 1.165) is 6.07 Å². The number of sulfonamides is 1. The quantitative estimate of drug-likeness (QED) is 0.799. The lowest BCUT2D eigenvalue weighted by molar-refractivity contribution is 0.115. The second kappa shape index (κ2) is 5.75. The summed E-state index contributed by atoms with van der Waals surface area (Å²) in [6.07, 6.45) is 0.497. The number of hydrogen-bond donors (Lipinski definition) is 0. The van der Waals surface area contributed by atoms with Gasteiger partial charge in [-0.15, -0.1) is 11.6 Å². The molecule has 1 aliphatic heterocycles. The van der Waals surface area contributed by atoms with Gasteiger partial charge in [0.1, 0.15) is 10.7 Å². The molecule has 1 heterocycles. The molecule has 0 radical (unpaired) electrons. The lowest BCUT2D eigenvalue weighted by Gasteiger charge is -2.17. The predicted molar refractivity (Wildman–Crippen MR) is 70.1 cm³/mol. The Bertz CT molecular complexity index is 564. The maximum atomic E-state index is 13.9. The topological polar surface area (TPSA) is 46.6 Å². The summed E-state index contributed by atoms with van der Waals surface area (Å²) in [7, 11) is -2.26. The van der Waals surface area contributed by atoms with Crippen molar-refractivity contribution in [1.82, 2.24) is 4.31 Å². The van der Waals surface area contributed by atoms with E-state index in [-0.39, 0.29) is 23.4 Å². The second-order valence-corrected chi connectivity index (χ2v) is 6.58. The van der Waals surface area contributed by atoms with Crippen molar-refractivity contribution in [1.29, 1.82) is 0 Å². The first kappa shape index (κ1) is 14.7. The summed E-state index contributed by atoms with van der Waals surface area (Å²) in [5.74, 6) is -0.619. The highest BCUT2D eigenvalue weighted by Crippen LogP contribution is 2.25. The zero-order valence-corrected chi connectivity index (χ0v) is 12.0. The third kappa shape index (κ3) is 2.91. The lowest BCUT2D eigenvalue weighted by atomic mass is 10.2. The minimum atomic E-state index is -3.80. The van der Waals surface area contributed by atoms with E-state index in [2.05, 4.69) is 0 Å². The first-order valence-electron chi connectivity index (χ1n) is 5.86. The molecule has 2 rings (SSSR count). The molecule has 0 N–H and O–H groups in total. The van der Waals surface area contributed by atoms with Gasteiger partial charge in [0.25, 0.3) is 0 Å². The molecule has 1 unspecified atom stereocenters. The molecular formula is C12H15ClFNO3S. The number of halogens is 2. The van der Waals surface area contributed by atoms with Crippen molar-refractivity contribution in [2.45, 2.75) is 23.3 Å². The molecule has 1 aromatic carbocycles. The van der Waals surface area contributed by atoms with Crippen LogP contribution in [0.15, 0.2) is 23.1 Å². The molecule has 1 aromatic rings. The third-order valence-electron chi connectivity index (χ3n) is 3.21. The molecular weight excluding hydrogens is 293 g/mol. The van der Waals surface area contributed by atoms with Crippen LogP contribution in [0.2, 0.25) is 0 Å². The first-order chi connectivity index (χ1) is 8.98. The van der Waals surface area contributed by atoms with Crippen LogP contribution in [0, 0.1) is 5.82 Å². The SMILES string of the molecule is COC1CCN(S(=O)(=O)c2ccc(CCl)cc2F)C1. The minimum absolute atomic E-state index is 0.125.